The topological polar surface area (TPSA) is 37.1 Å². The summed E-state index contributed by atoms with van der Waals surface area (Å²) in [5.74, 6) is 0. The van der Waals surface area contributed by atoms with Crippen LogP contribution in [-0.2, 0) is 0 Å². The van der Waals surface area contributed by atoms with Crippen LogP contribution in [0.5, 0.6) is 0 Å². The molecule has 1 atom stereocenters. The molecule has 0 bridgehead atoms. The Labute approximate surface area is 217 Å². The Morgan fingerprint density at radius 1 is 0.962 bits per heavy atom. The number of hydrogen-bond acceptors (Lipinski definition) is 3. The average molecular weight is 730 g/mol. The van der Waals surface area contributed by atoms with E-state index in [1.807, 2.05) is 33.1 Å². The summed E-state index contributed by atoms with van der Waals surface area (Å²) in [6.07, 6.45) is 2.10. The standard InChI is InChI=1S/C6H10N.C5H8Br2N.C5H7BrN.CH4.3Ga.6H/c1-4-6(2)5-7-3;1-5(7,3-6)4-8-2;1-5(3-6)4-7-2;;;;;;;;;;/h4H,1-3H3;3H2,1-2H3;3H,1-2H3;1H4;;;;;;;;;. The zero-order valence-electron chi connectivity index (χ0n) is 17.3. The third-order valence-electron chi connectivity index (χ3n) is 3.75. The molecule has 0 saturated carbocycles. The summed E-state index contributed by atoms with van der Waals surface area (Å²) in [7, 11) is 5.54. The second-order valence-electron chi connectivity index (χ2n) is 5.52. The molecular weight excluding hydrogens is 695 g/mol. The van der Waals surface area contributed by atoms with Gasteiger partial charge in [-0.05, 0) is 0 Å². The quantitative estimate of drug-likeness (QED) is 0.242. The molecule has 0 amide bonds. The van der Waals surface area contributed by atoms with Crippen molar-refractivity contribution in [3.05, 3.63) is 22.2 Å². The first-order valence-corrected chi connectivity index (χ1v) is 17.1. The zero-order chi connectivity index (χ0) is 20.6. The summed E-state index contributed by atoms with van der Waals surface area (Å²) >= 11 is 12.4. The molecule has 0 aromatic heterocycles. The van der Waals surface area contributed by atoms with Crippen LogP contribution in [0.25, 0.3) is 0 Å². The van der Waals surface area contributed by atoms with Gasteiger partial charge in [0.05, 0.1) is 0 Å². The number of allylic oxidation sites excluding steroid dienone is 3. The Kier molecular flexibility index (Phi) is 29.2. The maximum atomic E-state index is 4.15. The van der Waals surface area contributed by atoms with Crippen LogP contribution < -0.4 is 0 Å². The fourth-order valence-corrected chi connectivity index (χ4v) is 5.14. The van der Waals surface area contributed by atoms with Crippen molar-refractivity contribution < 1.29 is 0 Å². The molecule has 3 nitrogen and oxygen atoms in total. The van der Waals surface area contributed by atoms with Crippen molar-refractivity contribution in [2.75, 3.05) is 26.5 Å². The van der Waals surface area contributed by atoms with Gasteiger partial charge in [0, 0.05) is 0 Å². The molecule has 0 radical (unpaired) electrons. The molecular formula is C17H35Br3Ga3N3. The first-order chi connectivity index (χ1) is 11.5. The van der Waals surface area contributed by atoms with E-state index in [4.69, 9.17) is 0 Å². The van der Waals surface area contributed by atoms with Crippen molar-refractivity contribution in [2.24, 2.45) is 15.0 Å². The molecule has 0 spiro atoms. The van der Waals surface area contributed by atoms with Gasteiger partial charge >= 0.3 is 212 Å². The third-order valence-corrected chi connectivity index (χ3v) is 17.1. The summed E-state index contributed by atoms with van der Waals surface area (Å²) in [5.41, 5.74) is 2.60. The number of halogens is 3. The summed E-state index contributed by atoms with van der Waals surface area (Å²) in [6, 6.07) is 0. The van der Waals surface area contributed by atoms with Gasteiger partial charge in [0.15, 0.2) is 0 Å². The van der Waals surface area contributed by atoms with Gasteiger partial charge in [-0.2, -0.15) is 0 Å². The predicted octanol–water partition coefficient (Wildman–Crippen LogP) is 3.39. The molecule has 0 heterocycles. The normalized spacial score (nSPS) is 15.5. The molecule has 0 N–H and O–H groups in total. The van der Waals surface area contributed by atoms with E-state index >= 15 is 0 Å². The predicted molar refractivity (Wildman–Crippen MR) is 146 cm³/mol. The molecule has 9 heteroatoms. The zero-order valence-corrected chi connectivity index (χ0v) is 34.7. The van der Waals surface area contributed by atoms with Gasteiger partial charge in [0.2, 0.25) is 0 Å². The molecule has 0 aromatic rings. The Hall–Kier alpha value is 1.84. The summed E-state index contributed by atoms with van der Waals surface area (Å²) in [6.45, 7) is 8.34. The van der Waals surface area contributed by atoms with Crippen LogP contribution >= 0.6 is 47.8 Å². The van der Waals surface area contributed by atoms with Crippen molar-refractivity contribution in [3.63, 3.8) is 0 Å². The van der Waals surface area contributed by atoms with E-state index in [0.29, 0.717) is 37.2 Å². The van der Waals surface area contributed by atoms with Gasteiger partial charge in [0.1, 0.15) is 0 Å². The number of alkyl halides is 2. The first-order valence-electron chi connectivity index (χ1n) is 7.95. The molecule has 26 heavy (non-hydrogen) atoms. The maximum absolute atomic E-state index is 4.15. The number of hydrogen-bond donors (Lipinski definition) is 0. The number of nitrogens with zero attached hydrogens (tertiary/aromatic N) is 3. The number of rotatable bonds is 4. The van der Waals surface area contributed by atoms with Crippen LogP contribution in [0.2, 0.25) is 0 Å². The van der Waals surface area contributed by atoms with Crippen LogP contribution in [0, 0.1) is 0 Å². The molecule has 0 saturated heterocycles. The molecule has 0 aliphatic heterocycles. The average Bonchev–Trinajstić information content (AvgIpc) is 2.65. The SMILES string of the molecule is C.CC=C(C)[C]([GaH2])=NC.CN=[C]([GaH2])C(C)(Br)CBr.CN=[C]([GaH2])C(C)=CBr. The Morgan fingerprint density at radius 3 is 1.46 bits per heavy atom. The Balaban J connectivity index is -0.000000137. The van der Waals surface area contributed by atoms with Gasteiger partial charge in [0.25, 0.3) is 0 Å². The fourth-order valence-electron chi connectivity index (χ4n) is 0.970. The third kappa shape index (κ3) is 19.2. The van der Waals surface area contributed by atoms with Crippen molar-refractivity contribution in [1.82, 2.24) is 0 Å². The first kappa shape index (κ1) is 35.3. The second kappa shape index (κ2) is 21.5. The molecule has 1 unspecified atom stereocenters. The van der Waals surface area contributed by atoms with E-state index in [0.717, 1.165) is 23.9 Å². The minimum atomic E-state index is 0. The minimum absolute atomic E-state index is 0. The van der Waals surface area contributed by atoms with Gasteiger partial charge in [-0.3, -0.25) is 0 Å². The molecule has 148 valence electrons. The molecule has 0 aliphatic carbocycles. The van der Waals surface area contributed by atoms with E-state index in [-0.39, 0.29) is 11.8 Å². The van der Waals surface area contributed by atoms with Crippen molar-refractivity contribution in [1.29, 1.82) is 0 Å². The van der Waals surface area contributed by atoms with Crippen molar-refractivity contribution in [2.45, 2.75) is 39.4 Å². The molecule has 0 fully saturated rings. The van der Waals surface area contributed by atoms with Gasteiger partial charge < -0.3 is 0 Å². The summed E-state index contributed by atoms with van der Waals surface area (Å²) in [5, 5.41) is 0.939. The molecule has 0 aliphatic rings. The van der Waals surface area contributed by atoms with Gasteiger partial charge in [-0.15, -0.1) is 0 Å². The van der Waals surface area contributed by atoms with E-state index < -0.39 is 0 Å². The van der Waals surface area contributed by atoms with Crippen molar-refractivity contribution in [3.8, 4) is 0 Å². The Bertz CT molecular complexity index is 463. The second-order valence-corrected chi connectivity index (χ2v) is 14.3. The van der Waals surface area contributed by atoms with E-state index in [1.54, 1.807) is 0 Å². The van der Waals surface area contributed by atoms with E-state index in [1.165, 1.54) is 23.9 Å². The van der Waals surface area contributed by atoms with Gasteiger partial charge in [-0.1, -0.05) is 7.43 Å². The van der Waals surface area contributed by atoms with E-state index in [2.05, 4.69) is 89.6 Å². The fraction of sp³-hybridized carbons (Fsp3) is 0.588. The van der Waals surface area contributed by atoms with Crippen molar-refractivity contribution >= 4 is 116 Å². The van der Waals surface area contributed by atoms with Crippen LogP contribution in [-0.4, -0.2) is 99.4 Å². The number of aliphatic imine (C=N–C) groups is 3. The van der Waals surface area contributed by atoms with Crippen LogP contribution in [0.1, 0.15) is 35.1 Å². The van der Waals surface area contributed by atoms with Crippen LogP contribution in [0.15, 0.2) is 37.2 Å². The summed E-state index contributed by atoms with van der Waals surface area (Å²) in [4.78, 5) is 14.2. The monoisotopic (exact) mass is 725 g/mol. The van der Waals surface area contributed by atoms with Crippen LogP contribution in [0.4, 0.5) is 0 Å². The Morgan fingerprint density at radius 2 is 1.35 bits per heavy atom. The molecule has 0 rings (SSSR count). The summed E-state index contributed by atoms with van der Waals surface area (Å²) < 4.78 is 3.98. The van der Waals surface area contributed by atoms with Gasteiger partial charge in [-0.25, -0.2) is 0 Å². The van der Waals surface area contributed by atoms with E-state index in [9.17, 15) is 0 Å². The molecule has 0 aromatic carbocycles. The van der Waals surface area contributed by atoms with Crippen LogP contribution in [0.3, 0.4) is 0 Å².